The fourth-order valence-corrected chi connectivity index (χ4v) is 0.934. The number of hydrogen-bond acceptors (Lipinski definition) is 2. The number of amides is 1. The van der Waals surface area contributed by atoms with E-state index in [1.165, 1.54) is 0 Å². The quantitative estimate of drug-likeness (QED) is 0.706. The molecule has 0 bridgehead atoms. The van der Waals surface area contributed by atoms with Crippen molar-refractivity contribution in [3.05, 3.63) is 0 Å². The molecular weight excluding hydrogens is 197 g/mol. The zero-order valence-electron chi connectivity index (χ0n) is 7.93. The average molecular weight is 208 g/mol. The van der Waals surface area contributed by atoms with Crippen LogP contribution in [0.1, 0.15) is 13.3 Å². The van der Waals surface area contributed by atoms with E-state index in [9.17, 15) is 18.0 Å². The molecule has 0 aromatic rings. The number of rotatable bonds is 3. The summed E-state index contributed by atoms with van der Waals surface area (Å²) in [7, 11) is 1.04. The summed E-state index contributed by atoms with van der Waals surface area (Å²) in [6.45, 7) is 0.261. The lowest BCUT2D eigenvalue weighted by Crippen LogP contribution is -2.38. The Labute approximate surface area is 80.1 Å². The van der Waals surface area contributed by atoms with E-state index in [2.05, 4.69) is 0 Å². The van der Waals surface area contributed by atoms with Gasteiger partial charge in [-0.1, -0.05) is 6.92 Å². The van der Waals surface area contributed by atoms with Crippen LogP contribution in [0.4, 0.5) is 13.2 Å². The summed E-state index contributed by atoms with van der Waals surface area (Å²) >= 11 is 0. The van der Waals surface area contributed by atoms with Gasteiger partial charge >= 0.3 is 6.18 Å². The Hall–Kier alpha value is -1.25. The molecule has 0 rings (SSSR count). The van der Waals surface area contributed by atoms with E-state index in [0.717, 1.165) is 7.05 Å². The molecule has 0 aliphatic rings. The number of carbonyl (C=O) groups excluding carboxylic acids is 1. The molecule has 0 spiro atoms. The molecule has 1 amide bonds. The van der Waals surface area contributed by atoms with E-state index in [1.54, 1.807) is 13.0 Å². The van der Waals surface area contributed by atoms with E-state index in [-0.39, 0.29) is 6.42 Å². The van der Waals surface area contributed by atoms with E-state index >= 15 is 0 Å². The summed E-state index contributed by atoms with van der Waals surface area (Å²) in [6, 6.07) is 1.66. The molecule has 1 unspecified atom stereocenters. The molecular formula is C8H11F3N2O. The Bertz CT molecular complexity index is 244. The van der Waals surface area contributed by atoms with E-state index in [1.807, 2.05) is 0 Å². The fourth-order valence-electron chi connectivity index (χ4n) is 0.934. The highest BCUT2D eigenvalue weighted by atomic mass is 19.4. The maximum atomic E-state index is 11.9. The minimum absolute atomic E-state index is 0.220. The molecule has 0 aliphatic heterocycles. The second-order valence-corrected chi connectivity index (χ2v) is 2.90. The normalized spacial score (nSPS) is 13.1. The fraction of sp³-hybridized carbons (Fsp3) is 0.750. The lowest BCUT2D eigenvalue weighted by molar-refractivity contribution is -0.159. The van der Waals surface area contributed by atoms with Crippen molar-refractivity contribution in [2.24, 2.45) is 5.92 Å². The Morgan fingerprint density at radius 3 is 2.36 bits per heavy atom. The maximum absolute atomic E-state index is 11.9. The van der Waals surface area contributed by atoms with E-state index in [4.69, 9.17) is 5.26 Å². The van der Waals surface area contributed by atoms with Gasteiger partial charge in [0.25, 0.3) is 0 Å². The van der Waals surface area contributed by atoms with Gasteiger partial charge < -0.3 is 4.90 Å². The summed E-state index contributed by atoms with van der Waals surface area (Å²) in [5.41, 5.74) is 0. The molecule has 1 atom stereocenters. The van der Waals surface area contributed by atoms with Crippen LogP contribution in [0.15, 0.2) is 0 Å². The third-order valence-corrected chi connectivity index (χ3v) is 1.65. The number of nitrogens with zero attached hydrogens (tertiary/aromatic N) is 2. The number of hydrogen-bond donors (Lipinski definition) is 0. The summed E-state index contributed by atoms with van der Waals surface area (Å²) < 4.78 is 35.6. The number of halogens is 3. The van der Waals surface area contributed by atoms with Crippen LogP contribution in [0.5, 0.6) is 0 Å². The summed E-state index contributed by atoms with van der Waals surface area (Å²) in [5, 5.41) is 8.46. The topological polar surface area (TPSA) is 44.1 Å². The molecule has 3 nitrogen and oxygen atoms in total. The minimum atomic E-state index is -4.42. The molecule has 0 aromatic carbocycles. The van der Waals surface area contributed by atoms with Crippen molar-refractivity contribution >= 4 is 5.91 Å². The van der Waals surface area contributed by atoms with Crippen LogP contribution in [-0.4, -0.2) is 30.6 Å². The van der Waals surface area contributed by atoms with Gasteiger partial charge in [0.05, 0.1) is 6.07 Å². The first-order valence-corrected chi connectivity index (χ1v) is 4.03. The highest BCUT2D eigenvalue weighted by Gasteiger charge is 2.32. The van der Waals surface area contributed by atoms with Gasteiger partial charge in [0.1, 0.15) is 12.5 Å². The standard InChI is InChI=1S/C8H11F3N2O/c1-3-6(4-12)7(14)13(2)5-8(9,10)11/h6H,3,5H2,1-2H3. The predicted molar refractivity (Wildman–Crippen MR) is 43.1 cm³/mol. The molecule has 6 heteroatoms. The molecule has 0 fully saturated rings. The van der Waals surface area contributed by atoms with Crippen LogP contribution in [0.3, 0.4) is 0 Å². The van der Waals surface area contributed by atoms with Crippen molar-refractivity contribution in [3.63, 3.8) is 0 Å². The van der Waals surface area contributed by atoms with Crippen LogP contribution in [-0.2, 0) is 4.79 Å². The Kier molecular flexibility index (Phi) is 4.41. The average Bonchev–Trinajstić information content (AvgIpc) is 2.03. The van der Waals surface area contributed by atoms with Gasteiger partial charge in [-0.2, -0.15) is 18.4 Å². The van der Waals surface area contributed by atoms with Crippen LogP contribution in [0.25, 0.3) is 0 Å². The van der Waals surface area contributed by atoms with Crippen molar-refractivity contribution in [2.75, 3.05) is 13.6 Å². The highest BCUT2D eigenvalue weighted by molar-refractivity contribution is 5.80. The number of carbonyl (C=O) groups is 1. The summed E-state index contributed by atoms with van der Waals surface area (Å²) in [4.78, 5) is 11.7. The first-order valence-electron chi connectivity index (χ1n) is 4.03. The van der Waals surface area contributed by atoms with Crippen LogP contribution >= 0.6 is 0 Å². The minimum Gasteiger partial charge on any atom is -0.336 e. The number of alkyl halides is 3. The number of nitriles is 1. The third kappa shape index (κ3) is 4.12. The van der Waals surface area contributed by atoms with Crippen molar-refractivity contribution < 1.29 is 18.0 Å². The Balaban J connectivity index is 4.34. The van der Waals surface area contributed by atoms with Crippen LogP contribution in [0.2, 0.25) is 0 Å². The molecule has 0 aliphatic carbocycles. The second kappa shape index (κ2) is 4.84. The largest absolute Gasteiger partial charge is 0.406 e. The van der Waals surface area contributed by atoms with Gasteiger partial charge in [0.2, 0.25) is 5.91 Å². The lowest BCUT2D eigenvalue weighted by Gasteiger charge is -2.20. The first-order chi connectivity index (χ1) is 6.31. The molecule has 80 valence electrons. The van der Waals surface area contributed by atoms with Crippen molar-refractivity contribution in [2.45, 2.75) is 19.5 Å². The van der Waals surface area contributed by atoms with Gasteiger partial charge in [-0.3, -0.25) is 4.79 Å². The summed E-state index contributed by atoms with van der Waals surface area (Å²) in [5.74, 6) is -1.77. The van der Waals surface area contributed by atoms with Gasteiger partial charge in [-0.05, 0) is 6.42 Å². The smallest absolute Gasteiger partial charge is 0.336 e. The second-order valence-electron chi connectivity index (χ2n) is 2.90. The van der Waals surface area contributed by atoms with Gasteiger partial charge in [0.15, 0.2) is 0 Å². The van der Waals surface area contributed by atoms with Gasteiger partial charge in [-0.25, -0.2) is 0 Å². The molecule has 0 aromatic heterocycles. The highest BCUT2D eigenvalue weighted by Crippen LogP contribution is 2.17. The SMILES string of the molecule is CCC(C#N)C(=O)N(C)CC(F)(F)F. The van der Waals surface area contributed by atoms with E-state index in [0.29, 0.717) is 4.90 Å². The third-order valence-electron chi connectivity index (χ3n) is 1.65. The van der Waals surface area contributed by atoms with Crippen molar-refractivity contribution in [1.29, 1.82) is 5.26 Å². The zero-order valence-corrected chi connectivity index (χ0v) is 7.93. The molecule has 0 N–H and O–H groups in total. The molecule has 0 saturated carbocycles. The first kappa shape index (κ1) is 12.8. The Morgan fingerprint density at radius 2 is 2.07 bits per heavy atom. The summed E-state index contributed by atoms with van der Waals surface area (Å²) in [6.07, 6.45) is -4.20. The van der Waals surface area contributed by atoms with Crippen molar-refractivity contribution in [1.82, 2.24) is 4.90 Å². The lowest BCUT2D eigenvalue weighted by atomic mass is 10.1. The molecule has 0 saturated heterocycles. The van der Waals surface area contributed by atoms with Gasteiger partial charge in [0, 0.05) is 7.05 Å². The van der Waals surface area contributed by atoms with Crippen LogP contribution < -0.4 is 0 Å². The van der Waals surface area contributed by atoms with E-state index < -0.39 is 24.5 Å². The zero-order chi connectivity index (χ0) is 11.4. The predicted octanol–water partition coefficient (Wildman–Crippen LogP) is 1.56. The monoisotopic (exact) mass is 208 g/mol. The Morgan fingerprint density at radius 1 is 1.57 bits per heavy atom. The molecule has 14 heavy (non-hydrogen) atoms. The molecule has 0 radical (unpaired) electrons. The maximum Gasteiger partial charge on any atom is 0.406 e. The van der Waals surface area contributed by atoms with Crippen molar-refractivity contribution in [3.8, 4) is 6.07 Å². The van der Waals surface area contributed by atoms with Crippen LogP contribution in [0, 0.1) is 17.2 Å². The van der Waals surface area contributed by atoms with Gasteiger partial charge in [-0.15, -0.1) is 0 Å². The molecule has 0 heterocycles.